The van der Waals surface area contributed by atoms with Gasteiger partial charge in [-0.15, -0.1) is 0 Å². The van der Waals surface area contributed by atoms with Gasteiger partial charge in [-0.05, 0) is 31.5 Å². The van der Waals surface area contributed by atoms with E-state index in [9.17, 15) is 9.59 Å². The van der Waals surface area contributed by atoms with Crippen molar-refractivity contribution in [2.45, 2.75) is 26.4 Å². The first-order valence-electron chi connectivity index (χ1n) is 14.3. The number of para-hydroxylation sites is 1. The first-order valence-corrected chi connectivity index (χ1v) is 14.3. The van der Waals surface area contributed by atoms with Crippen LogP contribution in [0.3, 0.4) is 0 Å². The molecule has 40 heavy (non-hydrogen) atoms. The van der Waals surface area contributed by atoms with E-state index >= 15 is 0 Å². The number of hydrogen-bond acceptors (Lipinski definition) is 6. The zero-order valence-corrected chi connectivity index (χ0v) is 23.7. The van der Waals surface area contributed by atoms with Crippen LogP contribution in [0.15, 0.2) is 48.7 Å². The number of nitrogens with one attached hydrogen (secondary N) is 1. The third-order valence-corrected chi connectivity index (χ3v) is 7.92. The van der Waals surface area contributed by atoms with E-state index in [2.05, 4.69) is 38.7 Å². The predicted molar refractivity (Wildman–Crippen MR) is 156 cm³/mol. The maximum atomic E-state index is 13.2. The van der Waals surface area contributed by atoms with Gasteiger partial charge in [0, 0.05) is 63.9 Å². The smallest absolute Gasteiger partial charge is 0.253 e. The summed E-state index contributed by atoms with van der Waals surface area (Å²) in [7, 11) is 1.67. The molecule has 1 aromatic heterocycles. The summed E-state index contributed by atoms with van der Waals surface area (Å²) in [6.45, 7) is 11.2. The van der Waals surface area contributed by atoms with E-state index in [1.807, 2.05) is 41.4 Å². The lowest BCUT2D eigenvalue weighted by atomic mass is 10.1. The molecule has 9 heteroatoms. The molecule has 2 saturated heterocycles. The molecule has 0 unspecified atom stereocenters. The number of fused-ring (bicyclic) bond motifs is 1. The summed E-state index contributed by atoms with van der Waals surface area (Å²) in [6, 6.07) is 14.1. The van der Waals surface area contributed by atoms with Crippen LogP contribution in [-0.2, 0) is 22.6 Å². The number of ether oxygens (including phenoxy) is 2. The van der Waals surface area contributed by atoms with Gasteiger partial charge < -0.3 is 29.2 Å². The summed E-state index contributed by atoms with van der Waals surface area (Å²) >= 11 is 0. The van der Waals surface area contributed by atoms with Crippen LogP contribution in [0.5, 0.6) is 5.75 Å². The lowest BCUT2D eigenvalue weighted by Gasteiger charge is -2.36. The molecule has 0 atom stereocenters. The van der Waals surface area contributed by atoms with Gasteiger partial charge in [0.25, 0.3) is 5.91 Å². The minimum atomic E-state index is -0.0822. The molecule has 1 N–H and O–H groups in total. The number of piperazine rings is 1. The molecule has 2 aliphatic heterocycles. The van der Waals surface area contributed by atoms with Gasteiger partial charge in [0.05, 0.1) is 37.9 Å². The van der Waals surface area contributed by atoms with Crippen LogP contribution < -0.4 is 10.1 Å². The highest BCUT2D eigenvalue weighted by molar-refractivity contribution is 6.08. The second-order valence-corrected chi connectivity index (χ2v) is 10.7. The van der Waals surface area contributed by atoms with Gasteiger partial charge in [-0.1, -0.05) is 42.0 Å². The Balaban J connectivity index is 1.16. The van der Waals surface area contributed by atoms with Crippen LogP contribution in [0.2, 0.25) is 0 Å². The number of carbonyl (C=O) groups excluding carboxylic acids is 2. The fourth-order valence-corrected chi connectivity index (χ4v) is 5.69. The van der Waals surface area contributed by atoms with E-state index in [0.717, 1.165) is 67.9 Å². The molecule has 0 spiro atoms. The topological polar surface area (TPSA) is 79.3 Å². The molecular weight excluding hydrogens is 506 g/mol. The van der Waals surface area contributed by atoms with E-state index < -0.39 is 0 Å². The van der Waals surface area contributed by atoms with Crippen molar-refractivity contribution in [3.8, 4) is 5.75 Å². The summed E-state index contributed by atoms with van der Waals surface area (Å²) in [6.07, 6.45) is 2.92. The molecule has 3 heterocycles. The Hall–Kier alpha value is -3.40. The first kappa shape index (κ1) is 28.1. The van der Waals surface area contributed by atoms with E-state index in [1.165, 1.54) is 5.56 Å². The molecule has 5 rings (SSSR count). The number of benzene rings is 2. The quantitative estimate of drug-likeness (QED) is 0.421. The minimum absolute atomic E-state index is 0.0822. The van der Waals surface area contributed by atoms with Gasteiger partial charge >= 0.3 is 0 Å². The average molecular weight is 548 g/mol. The van der Waals surface area contributed by atoms with E-state index in [-0.39, 0.29) is 11.8 Å². The third kappa shape index (κ3) is 6.83. The van der Waals surface area contributed by atoms with Crippen LogP contribution in [0.25, 0.3) is 10.9 Å². The Labute approximate surface area is 236 Å². The zero-order valence-electron chi connectivity index (χ0n) is 23.7. The maximum absolute atomic E-state index is 13.2. The Kier molecular flexibility index (Phi) is 9.36. The van der Waals surface area contributed by atoms with Crippen molar-refractivity contribution in [2.75, 3.05) is 72.7 Å². The molecule has 0 bridgehead atoms. The maximum Gasteiger partial charge on any atom is 0.253 e. The van der Waals surface area contributed by atoms with Crippen molar-refractivity contribution in [3.63, 3.8) is 0 Å². The number of nitrogens with zero attached hydrogens (tertiary/aromatic N) is 4. The Morgan fingerprint density at radius 1 is 0.950 bits per heavy atom. The molecule has 3 aromatic rings. The number of aryl methyl sites for hydroxylation is 2. The number of methoxy groups -OCH3 is 1. The van der Waals surface area contributed by atoms with Gasteiger partial charge in [-0.2, -0.15) is 0 Å². The second-order valence-electron chi connectivity index (χ2n) is 10.7. The summed E-state index contributed by atoms with van der Waals surface area (Å²) in [5.74, 6) is 0.902. The van der Waals surface area contributed by atoms with E-state index in [1.54, 1.807) is 7.11 Å². The molecule has 2 aromatic carbocycles. The second kappa shape index (κ2) is 13.3. The summed E-state index contributed by atoms with van der Waals surface area (Å²) < 4.78 is 13.2. The molecule has 214 valence electrons. The standard InChI is InChI=1S/C31H41N5O4/c1-24-6-3-7-25(20-24)21-32-31(38)27-22-36(30-26(27)8-4-9-28(30)39-2)11-5-10-33-12-14-34(15-13-33)23-29(37)35-16-18-40-19-17-35/h3-4,6-9,20,22H,5,10-19,21,23H2,1-2H3,(H,32,38). The third-order valence-electron chi connectivity index (χ3n) is 7.92. The van der Waals surface area contributed by atoms with Gasteiger partial charge in [-0.25, -0.2) is 0 Å². The van der Waals surface area contributed by atoms with Crippen LogP contribution >= 0.6 is 0 Å². The van der Waals surface area contributed by atoms with Gasteiger partial charge in [0.2, 0.25) is 5.91 Å². The Bertz CT molecular complexity index is 1310. The number of carbonyl (C=O) groups is 2. The lowest BCUT2D eigenvalue weighted by molar-refractivity contribution is -0.136. The molecule has 0 aliphatic carbocycles. The first-order chi connectivity index (χ1) is 19.5. The van der Waals surface area contributed by atoms with Crippen molar-refractivity contribution in [3.05, 3.63) is 65.4 Å². The molecule has 0 saturated carbocycles. The zero-order chi connectivity index (χ0) is 27.9. The van der Waals surface area contributed by atoms with Crippen LogP contribution in [0.4, 0.5) is 0 Å². The summed E-state index contributed by atoms with van der Waals surface area (Å²) in [5, 5.41) is 3.99. The number of amides is 2. The number of rotatable bonds is 10. The Morgan fingerprint density at radius 3 is 2.45 bits per heavy atom. The lowest BCUT2D eigenvalue weighted by Crippen LogP contribution is -2.51. The molecule has 0 radical (unpaired) electrons. The van der Waals surface area contributed by atoms with E-state index in [0.29, 0.717) is 45.0 Å². The van der Waals surface area contributed by atoms with Gasteiger partial charge in [0.15, 0.2) is 0 Å². The highest BCUT2D eigenvalue weighted by atomic mass is 16.5. The van der Waals surface area contributed by atoms with Crippen molar-refractivity contribution >= 4 is 22.7 Å². The van der Waals surface area contributed by atoms with E-state index in [4.69, 9.17) is 9.47 Å². The minimum Gasteiger partial charge on any atom is -0.495 e. The fourth-order valence-electron chi connectivity index (χ4n) is 5.69. The number of aromatic nitrogens is 1. The highest BCUT2D eigenvalue weighted by Gasteiger charge is 2.23. The SMILES string of the molecule is COc1cccc2c(C(=O)NCc3cccc(C)c3)cn(CCCN3CCN(CC(=O)N4CCOCC4)CC3)c12. The van der Waals surface area contributed by atoms with Crippen LogP contribution in [0.1, 0.15) is 27.9 Å². The summed E-state index contributed by atoms with van der Waals surface area (Å²) in [5.41, 5.74) is 3.88. The van der Waals surface area contributed by atoms with Crippen LogP contribution in [0, 0.1) is 6.92 Å². The molecule has 2 amide bonds. The number of morpholine rings is 1. The van der Waals surface area contributed by atoms with Crippen molar-refractivity contribution in [1.82, 2.24) is 24.6 Å². The van der Waals surface area contributed by atoms with Crippen LogP contribution in [-0.4, -0.2) is 104 Å². The highest BCUT2D eigenvalue weighted by Crippen LogP contribution is 2.30. The average Bonchev–Trinajstić information content (AvgIpc) is 3.36. The van der Waals surface area contributed by atoms with Gasteiger partial charge in [-0.3, -0.25) is 14.5 Å². The Morgan fingerprint density at radius 2 is 1.70 bits per heavy atom. The largest absolute Gasteiger partial charge is 0.495 e. The molecule has 2 fully saturated rings. The van der Waals surface area contributed by atoms with Gasteiger partial charge in [0.1, 0.15) is 5.75 Å². The molecule has 2 aliphatic rings. The summed E-state index contributed by atoms with van der Waals surface area (Å²) in [4.78, 5) is 32.5. The van der Waals surface area contributed by atoms with Crippen molar-refractivity contribution in [1.29, 1.82) is 0 Å². The van der Waals surface area contributed by atoms with Crippen molar-refractivity contribution < 1.29 is 19.1 Å². The van der Waals surface area contributed by atoms with Crippen molar-refractivity contribution in [2.24, 2.45) is 0 Å². The fraction of sp³-hybridized carbons (Fsp3) is 0.484. The monoisotopic (exact) mass is 547 g/mol. The number of hydrogen-bond donors (Lipinski definition) is 1. The normalized spacial score (nSPS) is 16.8. The predicted octanol–water partition coefficient (Wildman–Crippen LogP) is 2.75. The molecular formula is C31H41N5O4. The molecule has 9 nitrogen and oxygen atoms in total.